The van der Waals surface area contributed by atoms with Gasteiger partial charge in [-0.15, -0.1) is 0 Å². The quantitative estimate of drug-likeness (QED) is 0.925. The molecule has 2 fully saturated rings. The fourth-order valence-corrected chi connectivity index (χ4v) is 3.77. The lowest BCUT2D eigenvalue weighted by Crippen LogP contribution is -2.42. The van der Waals surface area contributed by atoms with Gasteiger partial charge in [0.15, 0.2) is 0 Å². The Labute approximate surface area is 126 Å². The smallest absolute Gasteiger partial charge is 0.312 e. The lowest BCUT2D eigenvalue weighted by molar-refractivity contribution is -0.152. The highest BCUT2D eigenvalue weighted by Gasteiger charge is 2.57. The highest BCUT2D eigenvalue weighted by Crippen LogP contribution is 2.49. The number of hydrogen-bond acceptors (Lipinski definition) is 2. The summed E-state index contributed by atoms with van der Waals surface area (Å²) < 4.78 is 5.82. The van der Waals surface area contributed by atoms with Crippen molar-refractivity contribution < 1.29 is 14.6 Å². The molecule has 1 aromatic rings. The van der Waals surface area contributed by atoms with Crippen LogP contribution in [0.4, 0.5) is 0 Å². The van der Waals surface area contributed by atoms with Gasteiger partial charge in [0.25, 0.3) is 0 Å². The predicted octanol–water partition coefficient (Wildman–Crippen LogP) is 3.55. The van der Waals surface area contributed by atoms with Crippen molar-refractivity contribution in [3.8, 4) is 0 Å². The van der Waals surface area contributed by atoms with E-state index in [1.807, 2.05) is 0 Å². The molecule has 3 atom stereocenters. The number of aliphatic carboxylic acids is 1. The Morgan fingerprint density at radius 1 is 1.29 bits per heavy atom. The van der Waals surface area contributed by atoms with E-state index in [0.717, 1.165) is 18.4 Å². The summed E-state index contributed by atoms with van der Waals surface area (Å²) in [5, 5.41) is 9.75. The van der Waals surface area contributed by atoms with Crippen molar-refractivity contribution in [1.29, 1.82) is 0 Å². The minimum atomic E-state index is -0.716. The summed E-state index contributed by atoms with van der Waals surface area (Å²) in [7, 11) is 0. The first-order valence-electron chi connectivity index (χ1n) is 7.79. The van der Waals surface area contributed by atoms with E-state index in [9.17, 15) is 9.90 Å². The van der Waals surface area contributed by atoms with E-state index in [4.69, 9.17) is 4.74 Å². The molecule has 2 bridgehead atoms. The zero-order valence-electron chi connectivity index (χ0n) is 13.1. The molecule has 0 aromatic heterocycles. The number of rotatable bonds is 3. The average molecular weight is 288 g/mol. The molecular weight excluding hydrogens is 264 g/mol. The van der Waals surface area contributed by atoms with E-state index >= 15 is 0 Å². The van der Waals surface area contributed by atoms with Crippen LogP contribution in [0, 0.1) is 5.41 Å². The SMILES string of the molecule is CC(C)(C)c1ccc(CC2(C(=O)O)CC3CCC2O3)cc1. The van der Waals surface area contributed by atoms with Gasteiger partial charge in [-0.1, -0.05) is 45.0 Å². The van der Waals surface area contributed by atoms with Gasteiger partial charge >= 0.3 is 5.97 Å². The van der Waals surface area contributed by atoms with E-state index in [2.05, 4.69) is 45.0 Å². The molecule has 1 N–H and O–H groups in total. The second-order valence-electron chi connectivity index (χ2n) is 7.61. The van der Waals surface area contributed by atoms with Crippen LogP contribution in [0.25, 0.3) is 0 Å². The van der Waals surface area contributed by atoms with Crippen molar-refractivity contribution in [3.05, 3.63) is 35.4 Å². The number of ether oxygens (including phenoxy) is 1. The summed E-state index contributed by atoms with van der Waals surface area (Å²) in [6.45, 7) is 6.56. The first kappa shape index (κ1) is 14.6. The van der Waals surface area contributed by atoms with Gasteiger partial charge in [-0.05, 0) is 42.2 Å². The molecule has 1 aromatic carbocycles. The molecule has 114 valence electrons. The molecule has 0 radical (unpaired) electrons. The van der Waals surface area contributed by atoms with E-state index in [1.165, 1.54) is 5.56 Å². The van der Waals surface area contributed by atoms with Crippen LogP contribution in [-0.4, -0.2) is 23.3 Å². The van der Waals surface area contributed by atoms with Crippen molar-refractivity contribution in [1.82, 2.24) is 0 Å². The standard InChI is InChI=1S/C18H24O3/c1-17(2,3)13-6-4-12(5-7-13)10-18(16(19)20)11-14-8-9-15(18)21-14/h4-7,14-15H,8-11H2,1-3H3,(H,19,20). The molecule has 0 saturated carbocycles. The van der Waals surface area contributed by atoms with Gasteiger partial charge in [-0.3, -0.25) is 4.79 Å². The third kappa shape index (κ3) is 2.48. The normalized spacial score (nSPS) is 31.6. The number of fused-ring (bicyclic) bond motifs is 2. The van der Waals surface area contributed by atoms with E-state index in [0.29, 0.717) is 12.8 Å². The van der Waals surface area contributed by atoms with E-state index < -0.39 is 11.4 Å². The molecule has 2 saturated heterocycles. The Morgan fingerprint density at radius 2 is 1.95 bits per heavy atom. The maximum Gasteiger partial charge on any atom is 0.312 e. The first-order chi connectivity index (χ1) is 9.81. The molecule has 0 amide bonds. The summed E-state index contributed by atoms with van der Waals surface area (Å²) in [6, 6.07) is 8.41. The third-order valence-electron chi connectivity index (χ3n) is 5.08. The summed E-state index contributed by atoms with van der Waals surface area (Å²) in [5.41, 5.74) is 1.78. The lowest BCUT2D eigenvalue weighted by Gasteiger charge is -2.31. The van der Waals surface area contributed by atoms with Crippen LogP contribution in [0.15, 0.2) is 24.3 Å². The van der Waals surface area contributed by atoms with Gasteiger partial charge in [-0.2, -0.15) is 0 Å². The monoisotopic (exact) mass is 288 g/mol. The fraction of sp³-hybridized carbons (Fsp3) is 0.611. The third-order valence-corrected chi connectivity index (χ3v) is 5.08. The highest BCUT2D eigenvalue weighted by atomic mass is 16.5. The number of carboxylic acids is 1. The molecule has 3 heteroatoms. The Balaban J connectivity index is 1.83. The molecule has 0 spiro atoms. The molecule has 3 rings (SSSR count). The van der Waals surface area contributed by atoms with Gasteiger partial charge in [0.2, 0.25) is 0 Å². The van der Waals surface area contributed by atoms with Gasteiger partial charge in [0.05, 0.1) is 12.2 Å². The Bertz CT molecular complexity index is 541. The summed E-state index contributed by atoms with van der Waals surface area (Å²) in [5.74, 6) is -0.699. The van der Waals surface area contributed by atoms with Gasteiger partial charge < -0.3 is 9.84 Å². The van der Waals surface area contributed by atoms with Crippen LogP contribution < -0.4 is 0 Å². The molecule has 2 aliphatic heterocycles. The second-order valence-corrected chi connectivity index (χ2v) is 7.61. The molecule has 3 nitrogen and oxygen atoms in total. The zero-order valence-corrected chi connectivity index (χ0v) is 13.1. The van der Waals surface area contributed by atoms with Crippen molar-refractivity contribution in [2.45, 2.75) is 64.1 Å². The number of carboxylic acid groups (broad SMARTS) is 1. The first-order valence-corrected chi connectivity index (χ1v) is 7.79. The lowest BCUT2D eigenvalue weighted by atomic mass is 9.70. The predicted molar refractivity (Wildman–Crippen MR) is 81.4 cm³/mol. The average Bonchev–Trinajstić information content (AvgIpc) is 2.99. The second kappa shape index (κ2) is 4.84. The Hall–Kier alpha value is -1.35. The minimum Gasteiger partial charge on any atom is -0.481 e. The van der Waals surface area contributed by atoms with Crippen molar-refractivity contribution in [3.63, 3.8) is 0 Å². The summed E-state index contributed by atoms with van der Waals surface area (Å²) >= 11 is 0. The van der Waals surface area contributed by atoms with E-state index in [-0.39, 0.29) is 17.6 Å². The topological polar surface area (TPSA) is 46.5 Å². The number of benzene rings is 1. The van der Waals surface area contributed by atoms with Gasteiger partial charge in [-0.25, -0.2) is 0 Å². The zero-order chi connectivity index (χ0) is 15.3. The molecule has 21 heavy (non-hydrogen) atoms. The molecule has 2 heterocycles. The van der Waals surface area contributed by atoms with Crippen molar-refractivity contribution in [2.24, 2.45) is 5.41 Å². The fourth-order valence-electron chi connectivity index (χ4n) is 3.77. The molecule has 0 aliphatic carbocycles. The molecule has 2 aliphatic rings. The van der Waals surface area contributed by atoms with Crippen molar-refractivity contribution in [2.75, 3.05) is 0 Å². The maximum atomic E-state index is 11.9. The Morgan fingerprint density at radius 3 is 2.38 bits per heavy atom. The van der Waals surface area contributed by atoms with Crippen molar-refractivity contribution >= 4 is 5.97 Å². The summed E-state index contributed by atoms with van der Waals surface area (Å²) in [6.07, 6.45) is 3.18. The molecular formula is C18H24O3. The molecule has 3 unspecified atom stereocenters. The number of hydrogen-bond donors (Lipinski definition) is 1. The largest absolute Gasteiger partial charge is 0.481 e. The Kier molecular flexibility index (Phi) is 3.36. The van der Waals surface area contributed by atoms with Gasteiger partial charge in [0.1, 0.15) is 5.41 Å². The van der Waals surface area contributed by atoms with Crippen LogP contribution in [0.1, 0.15) is 51.2 Å². The number of carbonyl (C=O) groups is 1. The van der Waals surface area contributed by atoms with Crippen LogP contribution in [0.2, 0.25) is 0 Å². The van der Waals surface area contributed by atoms with Crippen LogP contribution in [0.5, 0.6) is 0 Å². The van der Waals surface area contributed by atoms with E-state index in [1.54, 1.807) is 0 Å². The van der Waals surface area contributed by atoms with Crippen LogP contribution in [0.3, 0.4) is 0 Å². The van der Waals surface area contributed by atoms with Crippen LogP contribution in [-0.2, 0) is 21.4 Å². The maximum absolute atomic E-state index is 11.9. The minimum absolute atomic E-state index is 0.109. The summed E-state index contributed by atoms with van der Waals surface area (Å²) in [4.78, 5) is 11.9. The van der Waals surface area contributed by atoms with Crippen LogP contribution >= 0.6 is 0 Å². The van der Waals surface area contributed by atoms with Gasteiger partial charge in [0, 0.05) is 0 Å². The highest BCUT2D eigenvalue weighted by molar-refractivity contribution is 5.76.